The Hall–Kier alpha value is -1.14. The lowest BCUT2D eigenvalue weighted by molar-refractivity contribution is -0.141. The Morgan fingerprint density at radius 3 is 2.68 bits per heavy atom. The van der Waals surface area contributed by atoms with Crippen molar-refractivity contribution in [2.75, 3.05) is 13.7 Å². The van der Waals surface area contributed by atoms with Crippen molar-refractivity contribution in [3.05, 3.63) is 27.5 Å². The van der Waals surface area contributed by atoms with Gasteiger partial charge in [0.25, 0.3) is 5.91 Å². The topological polar surface area (TPSA) is 59.5 Å². The number of amides is 1. The highest BCUT2D eigenvalue weighted by molar-refractivity contribution is 9.10. The zero-order chi connectivity index (χ0) is 14.6. The fourth-order valence-corrected chi connectivity index (χ4v) is 1.94. The molecule has 0 aliphatic carbocycles. The van der Waals surface area contributed by atoms with E-state index < -0.39 is 5.97 Å². The van der Waals surface area contributed by atoms with E-state index in [-0.39, 0.29) is 29.2 Å². The first-order chi connectivity index (χ1) is 8.86. The lowest BCUT2D eigenvalue weighted by Gasteiger charge is -2.25. The summed E-state index contributed by atoms with van der Waals surface area (Å²) in [5.41, 5.74) is 0.244. The molecular formula is C12H14BrClN2O3. The highest BCUT2D eigenvalue weighted by Crippen LogP contribution is 2.20. The summed E-state index contributed by atoms with van der Waals surface area (Å²) in [4.78, 5) is 29.0. The molecule has 19 heavy (non-hydrogen) atoms. The van der Waals surface area contributed by atoms with Crippen molar-refractivity contribution in [3.63, 3.8) is 0 Å². The first-order valence-corrected chi connectivity index (χ1v) is 6.72. The monoisotopic (exact) mass is 348 g/mol. The maximum Gasteiger partial charge on any atom is 0.325 e. The number of esters is 1. The van der Waals surface area contributed by atoms with Crippen LogP contribution < -0.4 is 0 Å². The molecule has 104 valence electrons. The molecule has 0 fully saturated rings. The molecule has 0 aliphatic heterocycles. The molecular weight excluding hydrogens is 336 g/mol. The molecule has 0 spiro atoms. The van der Waals surface area contributed by atoms with E-state index in [4.69, 9.17) is 11.6 Å². The Labute approximate surface area is 125 Å². The molecule has 1 heterocycles. The van der Waals surface area contributed by atoms with Crippen molar-refractivity contribution >= 4 is 39.4 Å². The molecule has 0 unspecified atom stereocenters. The van der Waals surface area contributed by atoms with Crippen LogP contribution in [0.2, 0.25) is 5.15 Å². The molecule has 0 aromatic carbocycles. The molecule has 0 N–H and O–H groups in total. The van der Waals surface area contributed by atoms with Gasteiger partial charge in [0, 0.05) is 16.7 Å². The quantitative estimate of drug-likeness (QED) is 0.619. The van der Waals surface area contributed by atoms with Gasteiger partial charge in [0.05, 0.1) is 12.7 Å². The van der Waals surface area contributed by atoms with Gasteiger partial charge in [0.1, 0.15) is 11.7 Å². The second kappa shape index (κ2) is 6.86. The number of carbonyl (C=O) groups excluding carboxylic acids is 2. The molecule has 1 amide bonds. The van der Waals surface area contributed by atoms with Crippen LogP contribution in [0.3, 0.4) is 0 Å². The van der Waals surface area contributed by atoms with E-state index in [0.29, 0.717) is 4.47 Å². The van der Waals surface area contributed by atoms with E-state index in [0.717, 1.165) is 0 Å². The lowest BCUT2D eigenvalue weighted by atomic mass is 10.2. The summed E-state index contributed by atoms with van der Waals surface area (Å²) >= 11 is 9.15. The Morgan fingerprint density at radius 2 is 2.16 bits per heavy atom. The number of hydrogen-bond acceptors (Lipinski definition) is 4. The van der Waals surface area contributed by atoms with E-state index in [1.165, 1.54) is 18.2 Å². The maximum atomic E-state index is 12.4. The average molecular weight is 350 g/mol. The maximum absolute atomic E-state index is 12.4. The number of hydrogen-bond donors (Lipinski definition) is 0. The highest BCUT2D eigenvalue weighted by atomic mass is 79.9. The van der Waals surface area contributed by atoms with Gasteiger partial charge in [0.15, 0.2) is 0 Å². The first kappa shape index (κ1) is 15.9. The standard InChI is InChI=1S/C12H14BrClN2O3/c1-7(2)16(6-10(17)19-3)12(18)9-4-8(13)5-15-11(9)14/h4-5,7H,6H2,1-3H3. The van der Waals surface area contributed by atoms with Crippen molar-refractivity contribution in [3.8, 4) is 0 Å². The summed E-state index contributed by atoms with van der Waals surface area (Å²) in [6, 6.07) is 1.41. The summed E-state index contributed by atoms with van der Waals surface area (Å²) in [7, 11) is 1.28. The summed E-state index contributed by atoms with van der Waals surface area (Å²) in [5.74, 6) is -0.847. The number of nitrogens with zero attached hydrogens (tertiary/aromatic N) is 2. The molecule has 0 radical (unpaired) electrons. The number of carbonyl (C=O) groups is 2. The third kappa shape index (κ3) is 4.18. The lowest BCUT2D eigenvalue weighted by Crippen LogP contribution is -2.41. The first-order valence-electron chi connectivity index (χ1n) is 5.55. The predicted octanol–water partition coefficient (Wildman–Crippen LogP) is 2.52. The molecule has 1 rings (SSSR count). The van der Waals surface area contributed by atoms with Gasteiger partial charge < -0.3 is 9.64 Å². The van der Waals surface area contributed by atoms with Gasteiger partial charge in [-0.15, -0.1) is 0 Å². The second-order valence-electron chi connectivity index (χ2n) is 4.09. The Kier molecular flexibility index (Phi) is 5.75. The van der Waals surface area contributed by atoms with Gasteiger partial charge in [-0.05, 0) is 35.8 Å². The van der Waals surface area contributed by atoms with Crippen LogP contribution in [0.4, 0.5) is 0 Å². The van der Waals surface area contributed by atoms with E-state index in [9.17, 15) is 9.59 Å². The molecule has 1 aromatic rings. The van der Waals surface area contributed by atoms with Gasteiger partial charge in [-0.3, -0.25) is 9.59 Å². The molecule has 0 aliphatic rings. The van der Waals surface area contributed by atoms with Crippen LogP contribution in [0.1, 0.15) is 24.2 Å². The molecule has 5 nitrogen and oxygen atoms in total. The SMILES string of the molecule is COC(=O)CN(C(=O)c1cc(Br)cnc1Cl)C(C)C. The van der Waals surface area contributed by atoms with Crippen LogP contribution in [-0.2, 0) is 9.53 Å². The zero-order valence-corrected chi connectivity index (χ0v) is 13.2. The van der Waals surface area contributed by atoms with Crippen molar-refractivity contribution in [2.45, 2.75) is 19.9 Å². The normalized spacial score (nSPS) is 10.4. The predicted molar refractivity (Wildman–Crippen MR) is 75.1 cm³/mol. The number of pyridine rings is 1. The number of aromatic nitrogens is 1. The van der Waals surface area contributed by atoms with Crippen LogP contribution >= 0.6 is 27.5 Å². The number of rotatable bonds is 4. The number of halogens is 2. The van der Waals surface area contributed by atoms with Gasteiger partial charge in [-0.2, -0.15) is 0 Å². The fraction of sp³-hybridized carbons (Fsp3) is 0.417. The zero-order valence-electron chi connectivity index (χ0n) is 10.8. The van der Waals surface area contributed by atoms with E-state index >= 15 is 0 Å². The molecule has 7 heteroatoms. The minimum Gasteiger partial charge on any atom is -0.468 e. The molecule has 0 atom stereocenters. The Bertz CT molecular complexity index is 494. The van der Waals surface area contributed by atoms with Crippen molar-refractivity contribution in [1.82, 2.24) is 9.88 Å². The van der Waals surface area contributed by atoms with Crippen molar-refractivity contribution in [2.24, 2.45) is 0 Å². The summed E-state index contributed by atoms with van der Waals surface area (Å²) < 4.78 is 5.22. The highest BCUT2D eigenvalue weighted by Gasteiger charge is 2.24. The van der Waals surface area contributed by atoms with Gasteiger partial charge in [-0.1, -0.05) is 11.6 Å². The Morgan fingerprint density at radius 1 is 1.53 bits per heavy atom. The van der Waals surface area contributed by atoms with E-state index in [2.05, 4.69) is 25.7 Å². The van der Waals surface area contributed by atoms with Crippen molar-refractivity contribution in [1.29, 1.82) is 0 Å². The molecule has 0 saturated heterocycles. The number of methoxy groups -OCH3 is 1. The second-order valence-corrected chi connectivity index (χ2v) is 5.37. The van der Waals surface area contributed by atoms with Crippen molar-refractivity contribution < 1.29 is 14.3 Å². The fourth-order valence-electron chi connectivity index (χ4n) is 1.42. The largest absolute Gasteiger partial charge is 0.468 e. The molecule has 0 bridgehead atoms. The van der Waals surface area contributed by atoms with E-state index in [1.54, 1.807) is 19.9 Å². The van der Waals surface area contributed by atoms with Gasteiger partial charge in [-0.25, -0.2) is 4.98 Å². The van der Waals surface area contributed by atoms with Gasteiger partial charge >= 0.3 is 5.97 Å². The minimum absolute atomic E-state index is 0.101. The summed E-state index contributed by atoms with van der Waals surface area (Å²) in [6.45, 7) is 3.48. The smallest absolute Gasteiger partial charge is 0.325 e. The van der Waals surface area contributed by atoms with Crippen LogP contribution in [0.5, 0.6) is 0 Å². The minimum atomic E-state index is -0.485. The Balaban J connectivity index is 3.05. The molecule has 0 saturated carbocycles. The average Bonchev–Trinajstić information content (AvgIpc) is 2.37. The van der Waals surface area contributed by atoms with Crippen LogP contribution in [0.15, 0.2) is 16.7 Å². The van der Waals surface area contributed by atoms with Crippen LogP contribution in [0, 0.1) is 0 Å². The number of ether oxygens (including phenoxy) is 1. The van der Waals surface area contributed by atoms with E-state index in [1.807, 2.05) is 0 Å². The van der Waals surface area contributed by atoms with Gasteiger partial charge in [0.2, 0.25) is 0 Å². The third-order valence-electron chi connectivity index (χ3n) is 2.45. The van der Waals surface area contributed by atoms with Crippen LogP contribution in [-0.4, -0.2) is 41.5 Å². The third-order valence-corrected chi connectivity index (χ3v) is 3.18. The summed E-state index contributed by atoms with van der Waals surface area (Å²) in [6.07, 6.45) is 1.50. The molecule has 1 aromatic heterocycles. The van der Waals surface area contributed by atoms with Crippen LogP contribution in [0.25, 0.3) is 0 Å². The summed E-state index contributed by atoms with van der Waals surface area (Å²) in [5, 5.41) is 0.101.